The first kappa shape index (κ1) is 22.0. The number of nitrogens with zero attached hydrogens (tertiary/aromatic N) is 3. The second-order valence-electron chi connectivity index (χ2n) is 8.83. The molecule has 0 spiro atoms. The Morgan fingerprint density at radius 3 is 2.28 bits per heavy atom. The lowest BCUT2D eigenvalue weighted by atomic mass is 9.99. The first-order valence-corrected chi connectivity index (χ1v) is 10.9. The predicted molar refractivity (Wildman–Crippen MR) is 120 cm³/mol. The average Bonchev–Trinajstić information content (AvgIpc) is 3.19. The fraction of sp³-hybridized carbons (Fsp3) is 0.520. The van der Waals surface area contributed by atoms with Gasteiger partial charge in [0, 0.05) is 38.8 Å². The monoisotopic (exact) mass is 395 g/mol. The van der Waals surface area contributed by atoms with Crippen LogP contribution in [0.1, 0.15) is 37.0 Å². The Hall–Kier alpha value is -1.72. The molecule has 0 saturated carbocycles. The molecule has 1 fully saturated rings. The zero-order valence-electron chi connectivity index (χ0n) is 18.6. The summed E-state index contributed by atoms with van der Waals surface area (Å²) < 4.78 is 0. The predicted octanol–water partition coefficient (Wildman–Crippen LogP) is 4.41. The molecule has 1 aliphatic rings. The van der Waals surface area contributed by atoms with E-state index in [4.69, 9.17) is 4.84 Å². The molecule has 0 N–H and O–H groups in total. The van der Waals surface area contributed by atoms with Gasteiger partial charge in [0.15, 0.2) is 0 Å². The molecule has 1 atom stereocenters. The molecule has 0 unspecified atom stereocenters. The lowest BCUT2D eigenvalue weighted by molar-refractivity contribution is -0.117. The highest BCUT2D eigenvalue weighted by Crippen LogP contribution is 2.20. The smallest absolute Gasteiger partial charge is 0.0698 e. The maximum absolute atomic E-state index is 5.69. The Labute approximate surface area is 177 Å². The Morgan fingerprint density at radius 2 is 1.62 bits per heavy atom. The summed E-state index contributed by atoms with van der Waals surface area (Å²) in [6.45, 7) is 10.4. The molecule has 4 nitrogen and oxygen atoms in total. The quantitative estimate of drug-likeness (QED) is 0.593. The summed E-state index contributed by atoms with van der Waals surface area (Å²) in [5, 5.41) is 2.09. The summed E-state index contributed by atoms with van der Waals surface area (Å²) in [4.78, 5) is 10.6. The number of hydrogen-bond donors (Lipinski definition) is 0. The third-order valence-electron chi connectivity index (χ3n) is 5.58. The third-order valence-corrected chi connectivity index (χ3v) is 5.58. The van der Waals surface area contributed by atoms with Crippen LogP contribution in [0.4, 0.5) is 0 Å². The molecular weight excluding hydrogens is 358 g/mol. The van der Waals surface area contributed by atoms with Gasteiger partial charge in [0.1, 0.15) is 0 Å². The molecule has 1 aliphatic heterocycles. The van der Waals surface area contributed by atoms with E-state index in [0.29, 0.717) is 12.0 Å². The fourth-order valence-electron chi connectivity index (χ4n) is 4.12. The number of hydroxylamine groups is 2. The molecule has 0 aliphatic carbocycles. The van der Waals surface area contributed by atoms with Gasteiger partial charge in [-0.25, -0.2) is 0 Å². The normalized spacial score (nSPS) is 16.2. The van der Waals surface area contributed by atoms with Gasteiger partial charge in [0.2, 0.25) is 0 Å². The summed E-state index contributed by atoms with van der Waals surface area (Å²) >= 11 is 0. The molecule has 3 rings (SSSR count). The van der Waals surface area contributed by atoms with Gasteiger partial charge in [-0.05, 0) is 43.1 Å². The van der Waals surface area contributed by atoms with Crippen LogP contribution in [0.3, 0.4) is 0 Å². The maximum atomic E-state index is 5.69. The Balaban J connectivity index is 1.77. The molecule has 0 amide bonds. The number of rotatable bonds is 10. The van der Waals surface area contributed by atoms with Gasteiger partial charge < -0.3 is 4.90 Å². The highest BCUT2D eigenvalue weighted by atomic mass is 16.7. The lowest BCUT2D eigenvalue weighted by Crippen LogP contribution is -2.44. The van der Waals surface area contributed by atoms with Crippen molar-refractivity contribution in [3.8, 4) is 0 Å². The van der Waals surface area contributed by atoms with Crippen molar-refractivity contribution in [2.24, 2.45) is 5.92 Å². The molecule has 29 heavy (non-hydrogen) atoms. The minimum atomic E-state index is 0.496. The van der Waals surface area contributed by atoms with Gasteiger partial charge >= 0.3 is 0 Å². The zero-order chi connectivity index (χ0) is 20.6. The fourth-order valence-corrected chi connectivity index (χ4v) is 4.12. The van der Waals surface area contributed by atoms with Gasteiger partial charge in [-0.1, -0.05) is 68.4 Å². The summed E-state index contributed by atoms with van der Waals surface area (Å²) in [5.74, 6) is 0.585. The minimum Gasteiger partial charge on any atom is -0.308 e. The van der Waals surface area contributed by atoms with E-state index in [2.05, 4.69) is 97.4 Å². The molecule has 1 saturated heterocycles. The van der Waals surface area contributed by atoms with Gasteiger partial charge in [-0.3, -0.25) is 9.74 Å². The lowest BCUT2D eigenvalue weighted by Gasteiger charge is -2.36. The zero-order valence-corrected chi connectivity index (χ0v) is 18.6. The van der Waals surface area contributed by atoms with Crippen molar-refractivity contribution in [3.05, 3.63) is 71.3 Å². The highest BCUT2D eigenvalue weighted by Gasteiger charge is 2.23. The molecule has 158 valence electrons. The summed E-state index contributed by atoms with van der Waals surface area (Å²) in [5.41, 5.74) is 4.08. The number of likely N-dealkylation sites (N-methyl/N-ethyl adjacent to an activating group) is 1. The molecule has 4 heteroatoms. The van der Waals surface area contributed by atoms with Crippen molar-refractivity contribution in [2.45, 2.75) is 45.9 Å². The number of benzene rings is 2. The first-order valence-electron chi connectivity index (χ1n) is 10.9. The highest BCUT2D eigenvalue weighted by molar-refractivity contribution is 5.24. The van der Waals surface area contributed by atoms with E-state index in [0.717, 1.165) is 45.8 Å². The van der Waals surface area contributed by atoms with E-state index in [-0.39, 0.29) is 0 Å². The van der Waals surface area contributed by atoms with Crippen LogP contribution in [0.2, 0.25) is 0 Å². The molecule has 2 aromatic carbocycles. The van der Waals surface area contributed by atoms with Gasteiger partial charge in [-0.2, -0.15) is 5.06 Å². The van der Waals surface area contributed by atoms with Crippen LogP contribution in [0.25, 0.3) is 0 Å². The van der Waals surface area contributed by atoms with Crippen LogP contribution in [0.5, 0.6) is 0 Å². The van der Waals surface area contributed by atoms with E-state index in [1.54, 1.807) is 0 Å². The van der Waals surface area contributed by atoms with E-state index in [9.17, 15) is 0 Å². The van der Waals surface area contributed by atoms with Crippen molar-refractivity contribution in [1.82, 2.24) is 14.9 Å². The molecular formula is C25H37N3O. The molecule has 0 radical (unpaired) electrons. The largest absolute Gasteiger partial charge is 0.308 e. The van der Waals surface area contributed by atoms with Crippen molar-refractivity contribution < 1.29 is 4.84 Å². The van der Waals surface area contributed by atoms with Crippen LogP contribution in [-0.2, 0) is 24.5 Å². The van der Waals surface area contributed by atoms with E-state index in [1.807, 2.05) is 0 Å². The maximum Gasteiger partial charge on any atom is 0.0698 e. The van der Waals surface area contributed by atoms with Crippen LogP contribution in [0, 0.1) is 5.92 Å². The van der Waals surface area contributed by atoms with Gasteiger partial charge in [0.05, 0.1) is 6.61 Å². The SMILES string of the molecule is CC(C)[C@@H](CN(C)C)N(Cc1ccccc1)Cc1cccc(CN2CCCO2)c1. The number of hydrogen-bond acceptors (Lipinski definition) is 4. The van der Waals surface area contributed by atoms with Gasteiger partial charge in [-0.15, -0.1) is 0 Å². The van der Waals surface area contributed by atoms with Crippen molar-refractivity contribution in [1.29, 1.82) is 0 Å². The minimum absolute atomic E-state index is 0.496. The summed E-state index contributed by atoms with van der Waals surface area (Å²) in [7, 11) is 4.35. The average molecular weight is 396 g/mol. The second kappa shape index (κ2) is 10.9. The van der Waals surface area contributed by atoms with Crippen molar-refractivity contribution in [3.63, 3.8) is 0 Å². The Bertz CT molecular complexity index is 726. The van der Waals surface area contributed by atoms with Crippen molar-refractivity contribution in [2.75, 3.05) is 33.8 Å². The molecule has 2 aromatic rings. The standard InChI is InChI=1S/C25H37N3O/c1-21(2)25(20-26(3)4)27(17-22-10-6-5-7-11-22)18-23-12-8-13-24(16-23)19-28-14-9-15-29-28/h5-8,10-13,16,21,25H,9,14-15,17-20H2,1-4H3/t25-/m1/s1. The second-order valence-corrected chi connectivity index (χ2v) is 8.83. The molecule has 0 aromatic heterocycles. The summed E-state index contributed by atoms with van der Waals surface area (Å²) in [6.07, 6.45) is 1.13. The van der Waals surface area contributed by atoms with Gasteiger partial charge in [0.25, 0.3) is 0 Å². The van der Waals surface area contributed by atoms with E-state index < -0.39 is 0 Å². The third kappa shape index (κ3) is 6.93. The molecule has 1 heterocycles. The topological polar surface area (TPSA) is 19.0 Å². The molecule has 0 bridgehead atoms. The summed E-state index contributed by atoms with van der Waals surface area (Å²) in [6, 6.07) is 20.4. The first-order chi connectivity index (χ1) is 14.0. The van der Waals surface area contributed by atoms with Crippen molar-refractivity contribution >= 4 is 0 Å². The van der Waals surface area contributed by atoms with Crippen LogP contribution >= 0.6 is 0 Å². The van der Waals surface area contributed by atoms with E-state index >= 15 is 0 Å². The Kier molecular flexibility index (Phi) is 8.25. The van der Waals surface area contributed by atoms with Crippen LogP contribution in [0.15, 0.2) is 54.6 Å². The Morgan fingerprint density at radius 1 is 0.931 bits per heavy atom. The van der Waals surface area contributed by atoms with Crippen LogP contribution in [-0.4, -0.2) is 54.7 Å². The van der Waals surface area contributed by atoms with E-state index in [1.165, 1.54) is 16.7 Å². The van der Waals surface area contributed by atoms with Crippen LogP contribution < -0.4 is 0 Å².